The molecule has 1 aliphatic carbocycles. The first kappa shape index (κ1) is 25.8. The van der Waals surface area contributed by atoms with Crippen LogP contribution in [0.3, 0.4) is 0 Å². The fraction of sp³-hybridized carbons (Fsp3) is 0.786. The Balaban J connectivity index is 0. The van der Waals surface area contributed by atoms with E-state index in [9.17, 15) is 19.1 Å². The van der Waals surface area contributed by atoms with Crippen LogP contribution in [0.4, 0.5) is 0 Å². The van der Waals surface area contributed by atoms with Gasteiger partial charge in [0, 0.05) is 5.92 Å². The molecule has 8 heteroatoms. The number of carbonyl (C=O) groups is 1. The van der Waals surface area contributed by atoms with Crippen LogP contribution in [0.25, 0.3) is 0 Å². The van der Waals surface area contributed by atoms with E-state index in [-0.39, 0.29) is 71.5 Å². The molecule has 0 heterocycles. The van der Waals surface area contributed by atoms with Crippen molar-refractivity contribution in [2.75, 3.05) is 6.61 Å². The molecule has 0 aromatic heterocycles. The third-order valence-corrected chi connectivity index (χ3v) is 4.15. The van der Waals surface area contributed by atoms with Gasteiger partial charge in [-0.25, -0.2) is 0 Å². The topological polar surface area (TPSA) is 89.5 Å². The van der Waals surface area contributed by atoms with Crippen molar-refractivity contribution < 1.29 is 82.8 Å². The van der Waals surface area contributed by atoms with Gasteiger partial charge in [-0.15, -0.1) is 0 Å². The van der Waals surface area contributed by atoms with Gasteiger partial charge in [0.1, 0.15) is 0 Å². The van der Waals surface area contributed by atoms with E-state index in [1.165, 1.54) is 12.8 Å². The Morgan fingerprint density at radius 2 is 1.55 bits per heavy atom. The predicted octanol–water partition coefficient (Wildman–Crippen LogP) is -3.89. The van der Waals surface area contributed by atoms with Gasteiger partial charge in [-0.05, 0) is 24.8 Å². The molecule has 0 aromatic rings. The molecule has 1 saturated carbocycles. The van der Waals surface area contributed by atoms with Gasteiger partial charge in [0.15, 0.2) is 5.78 Å². The molecule has 0 N–H and O–H groups in total. The van der Waals surface area contributed by atoms with Gasteiger partial charge >= 0.3 is 59.1 Å². The molecule has 1 atom stereocenters. The summed E-state index contributed by atoms with van der Waals surface area (Å²) in [6, 6.07) is 0. The normalized spacial score (nSPS) is 21.8. The average molecular weight is 348 g/mol. The molecular weight excluding hydrogens is 325 g/mol. The Bertz CT molecular complexity index is 383. The van der Waals surface area contributed by atoms with Gasteiger partial charge in [0.25, 0.3) is 0 Å². The molecule has 0 aromatic carbocycles. The number of carbonyl (C=O) groups excluding carboxylic acids is 1. The largest absolute Gasteiger partial charge is 1.00 e. The number of Topliss-reactive ketones (excluding diaryl/α,β-unsaturated/α-hetero) is 1. The number of rotatable bonds is 3. The van der Waals surface area contributed by atoms with Crippen LogP contribution in [-0.4, -0.2) is 12.4 Å². The summed E-state index contributed by atoms with van der Waals surface area (Å²) < 4.78 is 14.8. The molecule has 0 bridgehead atoms. The number of hydrogen-bond donors (Lipinski definition) is 0. The van der Waals surface area contributed by atoms with Crippen molar-refractivity contribution in [3.05, 3.63) is 12.2 Å². The maximum atomic E-state index is 12.2. The second-order valence-corrected chi connectivity index (χ2v) is 6.57. The minimum atomic E-state index is -5.02. The molecule has 22 heavy (non-hydrogen) atoms. The van der Waals surface area contributed by atoms with Crippen molar-refractivity contribution in [3.63, 3.8) is 0 Å². The molecule has 1 unspecified atom stereocenters. The third kappa shape index (κ3) is 12.0. The van der Waals surface area contributed by atoms with E-state index in [1.807, 2.05) is 0 Å². The first-order chi connectivity index (χ1) is 9.40. The van der Waals surface area contributed by atoms with Gasteiger partial charge < -0.3 is 18.9 Å². The van der Waals surface area contributed by atoms with Crippen LogP contribution in [0.2, 0.25) is 0 Å². The molecule has 116 valence electrons. The second kappa shape index (κ2) is 13.8. The molecule has 0 amide bonds. The zero-order valence-corrected chi connectivity index (χ0v) is 18.7. The average Bonchev–Trinajstić information content (AvgIpc) is 2.36. The number of phosphoric acid groups is 1. The fourth-order valence-electron chi connectivity index (χ4n) is 2.50. The summed E-state index contributed by atoms with van der Waals surface area (Å²) in [5, 5.41) is 0. The summed E-state index contributed by atoms with van der Waals surface area (Å²) >= 11 is 0. The van der Waals surface area contributed by atoms with Gasteiger partial charge in [-0.3, -0.25) is 4.79 Å². The quantitative estimate of drug-likeness (QED) is 0.296. The Morgan fingerprint density at radius 3 is 2.09 bits per heavy atom. The van der Waals surface area contributed by atoms with Crippen molar-refractivity contribution in [3.8, 4) is 0 Å². The molecule has 1 aliphatic rings. The van der Waals surface area contributed by atoms with Crippen LogP contribution in [-0.2, 0) is 13.9 Å². The Hall–Kier alpha value is 1.52. The Morgan fingerprint density at radius 1 is 1.05 bits per heavy atom. The molecule has 5 nitrogen and oxygen atoms in total. The SMILES string of the molecule is C=C1CCCCCCCCCC(COP(=O)([O-])[O-])C1=O.[Na+].[Na+]. The molecule has 1 rings (SSSR count). The summed E-state index contributed by atoms with van der Waals surface area (Å²) in [4.78, 5) is 33.3. The van der Waals surface area contributed by atoms with Crippen LogP contribution in [0, 0.1) is 5.92 Å². The predicted molar refractivity (Wildman–Crippen MR) is 72.7 cm³/mol. The van der Waals surface area contributed by atoms with Crippen molar-refractivity contribution in [2.45, 2.75) is 57.8 Å². The third-order valence-electron chi connectivity index (χ3n) is 3.68. The van der Waals surface area contributed by atoms with E-state index in [0.717, 1.165) is 32.1 Å². The maximum absolute atomic E-state index is 12.2. The maximum Gasteiger partial charge on any atom is 1.00 e. The molecule has 1 fully saturated rings. The fourth-order valence-corrected chi connectivity index (χ4v) is 2.86. The second-order valence-electron chi connectivity index (χ2n) is 5.42. The summed E-state index contributed by atoms with van der Waals surface area (Å²) in [7, 11) is -5.02. The minimum Gasteiger partial charge on any atom is -0.790 e. The van der Waals surface area contributed by atoms with E-state index in [2.05, 4.69) is 11.1 Å². The summed E-state index contributed by atoms with van der Waals surface area (Å²) in [6.45, 7) is 3.44. The molecule has 0 saturated heterocycles. The van der Waals surface area contributed by atoms with Crippen LogP contribution in [0.15, 0.2) is 12.2 Å². The number of allylic oxidation sites excluding steroid dienone is 1. The van der Waals surface area contributed by atoms with Gasteiger partial charge in [0.2, 0.25) is 0 Å². The van der Waals surface area contributed by atoms with E-state index >= 15 is 0 Å². The zero-order chi connectivity index (χ0) is 15.0. The Kier molecular flexibility index (Phi) is 16.1. The molecule has 0 radical (unpaired) electrons. The minimum absolute atomic E-state index is 0. The zero-order valence-electron chi connectivity index (χ0n) is 13.8. The van der Waals surface area contributed by atoms with E-state index in [0.29, 0.717) is 18.4 Å². The monoisotopic (exact) mass is 348 g/mol. The van der Waals surface area contributed by atoms with E-state index in [1.54, 1.807) is 0 Å². The summed E-state index contributed by atoms with van der Waals surface area (Å²) in [5.41, 5.74) is 0.519. The summed E-state index contributed by atoms with van der Waals surface area (Å²) in [6.07, 6.45) is 8.58. The van der Waals surface area contributed by atoms with E-state index < -0.39 is 13.7 Å². The standard InChI is InChI=1S/C14H25O5P.2Na/c1-12-9-7-5-3-2-4-6-8-10-13(14(12)15)11-19-20(16,17)18;;/h13H,1-11H2,(H2,16,17,18);;/q;2*+1/p-2. The molecule has 0 aliphatic heterocycles. The first-order valence-electron chi connectivity index (χ1n) is 7.29. The van der Waals surface area contributed by atoms with Crippen LogP contribution < -0.4 is 68.9 Å². The van der Waals surface area contributed by atoms with Gasteiger partial charge in [-0.1, -0.05) is 45.1 Å². The molecule has 0 spiro atoms. The van der Waals surface area contributed by atoms with E-state index in [4.69, 9.17) is 0 Å². The smallest absolute Gasteiger partial charge is 0.790 e. The van der Waals surface area contributed by atoms with Gasteiger partial charge in [-0.2, -0.15) is 0 Å². The number of ketones is 1. The number of phosphoric ester groups is 1. The van der Waals surface area contributed by atoms with Gasteiger partial charge in [0.05, 0.1) is 14.4 Å². The summed E-state index contributed by atoms with van der Waals surface area (Å²) in [5.74, 6) is -0.711. The van der Waals surface area contributed by atoms with Crippen molar-refractivity contribution in [1.29, 1.82) is 0 Å². The van der Waals surface area contributed by atoms with Crippen molar-refractivity contribution >= 4 is 13.6 Å². The van der Waals surface area contributed by atoms with Crippen molar-refractivity contribution in [1.82, 2.24) is 0 Å². The number of hydrogen-bond acceptors (Lipinski definition) is 5. The van der Waals surface area contributed by atoms with Crippen LogP contribution >= 0.6 is 7.82 Å². The van der Waals surface area contributed by atoms with Crippen molar-refractivity contribution in [2.24, 2.45) is 5.92 Å². The van der Waals surface area contributed by atoms with Crippen LogP contribution in [0.1, 0.15) is 57.8 Å². The van der Waals surface area contributed by atoms with Crippen LogP contribution in [0.5, 0.6) is 0 Å². The molecular formula is C14H23Na2O5P. The Labute approximate surface area is 177 Å². The first-order valence-corrected chi connectivity index (χ1v) is 8.75.